The van der Waals surface area contributed by atoms with Crippen LogP contribution in [-0.2, 0) is 0 Å². The lowest BCUT2D eigenvalue weighted by Gasteiger charge is -2.05. The molecule has 0 saturated carbocycles. The Morgan fingerprint density at radius 2 is 1.12 bits per heavy atom. The van der Waals surface area contributed by atoms with Crippen molar-refractivity contribution in [1.29, 1.82) is 0 Å². The lowest BCUT2D eigenvalue weighted by Crippen LogP contribution is -2.22. The zero-order valence-corrected chi connectivity index (χ0v) is 11.5. The summed E-state index contributed by atoms with van der Waals surface area (Å²) in [5.41, 5.74) is 0. The molecule has 0 bridgehead atoms. The summed E-state index contributed by atoms with van der Waals surface area (Å²) in [5, 5.41) is 6.85. The van der Waals surface area contributed by atoms with Crippen LogP contribution in [0.3, 0.4) is 0 Å². The second kappa shape index (κ2) is 14.9. The molecule has 0 spiro atoms. The van der Waals surface area contributed by atoms with Crippen LogP contribution in [0.5, 0.6) is 0 Å². The van der Waals surface area contributed by atoms with Gasteiger partial charge in [0.05, 0.1) is 0 Å². The van der Waals surface area contributed by atoms with E-state index in [9.17, 15) is 0 Å². The Hall–Kier alpha value is -0.0800. The number of unbranched alkanes of at least 4 members (excludes halogenated alkanes) is 6. The van der Waals surface area contributed by atoms with Crippen LogP contribution < -0.4 is 10.6 Å². The molecule has 0 unspecified atom stereocenters. The third-order valence-electron chi connectivity index (χ3n) is 2.91. The van der Waals surface area contributed by atoms with E-state index < -0.39 is 0 Å². The third-order valence-corrected chi connectivity index (χ3v) is 2.91. The molecule has 2 heteroatoms. The lowest BCUT2D eigenvalue weighted by atomic mass is 10.1. The predicted molar refractivity (Wildman–Crippen MR) is 74.0 cm³/mol. The Balaban J connectivity index is 2.83. The van der Waals surface area contributed by atoms with Crippen LogP contribution in [0.2, 0.25) is 0 Å². The first-order chi connectivity index (χ1) is 7.91. The zero-order valence-electron chi connectivity index (χ0n) is 11.5. The van der Waals surface area contributed by atoms with Gasteiger partial charge in [0.25, 0.3) is 0 Å². The van der Waals surface area contributed by atoms with Crippen molar-refractivity contribution in [3.05, 3.63) is 0 Å². The minimum Gasteiger partial charge on any atom is -0.317 e. The van der Waals surface area contributed by atoms with Crippen LogP contribution in [0.4, 0.5) is 0 Å². The van der Waals surface area contributed by atoms with E-state index in [1.807, 2.05) is 0 Å². The summed E-state index contributed by atoms with van der Waals surface area (Å²) in [6.07, 6.45) is 11.1. The molecule has 0 aliphatic heterocycles. The van der Waals surface area contributed by atoms with Gasteiger partial charge >= 0.3 is 0 Å². The van der Waals surface area contributed by atoms with Gasteiger partial charge in [-0.15, -0.1) is 0 Å². The summed E-state index contributed by atoms with van der Waals surface area (Å²) in [6.45, 7) is 9.06. The van der Waals surface area contributed by atoms with E-state index in [-0.39, 0.29) is 0 Å². The van der Waals surface area contributed by atoms with Crippen molar-refractivity contribution >= 4 is 0 Å². The van der Waals surface area contributed by atoms with Crippen LogP contribution >= 0.6 is 0 Å². The molecule has 2 N–H and O–H groups in total. The number of hydrogen-bond acceptors (Lipinski definition) is 2. The largest absolute Gasteiger partial charge is 0.317 e. The van der Waals surface area contributed by atoms with E-state index in [0.717, 1.165) is 13.1 Å². The van der Waals surface area contributed by atoms with Crippen molar-refractivity contribution in [2.45, 2.75) is 65.2 Å². The van der Waals surface area contributed by atoms with Crippen molar-refractivity contribution in [2.75, 3.05) is 26.2 Å². The van der Waals surface area contributed by atoms with Gasteiger partial charge in [-0.1, -0.05) is 52.4 Å². The van der Waals surface area contributed by atoms with Gasteiger partial charge in [-0.25, -0.2) is 0 Å². The molecule has 0 radical (unpaired) electrons. The van der Waals surface area contributed by atoms with Crippen molar-refractivity contribution in [3.8, 4) is 0 Å². The first-order valence-corrected chi connectivity index (χ1v) is 7.33. The molecule has 16 heavy (non-hydrogen) atoms. The molecule has 2 nitrogen and oxygen atoms in total. The summed E-state index contributed by atoms with van der Waals surface area (Å²) < 4.78 is 0. The molecule has 0 aromatic rings. The highest BCUT2D eigenvalue weighted by atomic mass is 14.9. The second-order valence-corrected chi connectivity index (χ2v) is 4.58. The van der Waals surface area contributed by atoms with Crippen molar-refractivity contribution in [1.82, 2.24) is 10.6 Å². The summed E-state index contributed by atoms with van der Waals surface area (Å²) in [5.74, 6) is 0. The van der Waals surface area contributed by atoms with Gasteiger partial charge < -0.3 is 10.6 Å². The molecule has 0 rings (SSSR count). The first kappa shape index (κ1) is 15.9. The average Bonchev–Trinajstić information content (AvgIpc) is 2.31. The lowest BCUT2D eigenvalue weighted by molar-refractivity contribution is 0.550. The van der Waals surface area contributed by atoms with E-state index >= 15 is 0 Å². The minimum absolute atomic E-state index is 1.10. The van der Waals surface area contributed by atoms with Gasteiger partial charge in [0, 0.05) is 0 Å². The molecule has 0 aromatic carbocycles. The fourth-order valence-corrected chi connectivity index (χ4v) is 1.85. The number of rotatable bonds is 13. The minimum atomic E-state index is 1.10. The van der Waals surface area contributed by atoms with Crippen molar-refractivity contribution in [2.24, 2.45) is 0 Å². The molecule has 0 aliphatic carbocycles. The van der Waals surface area contributed by atoms with Gasteiger partial charge in [-0.2, -0.15) is 0 Å². The molecule has 0 heterocycles. The maximum Gasteiger partial charge on any atom is -0.00368 e. The smallest absolute Gasteiger partial charge is 0.00368 e. The summed E-state index contributed by atoms with van der Waals surface area (Å²) in [4.78, 5) is 0. The van der Waals surface area contributed by atoms with E-state index in [0.29, 0.717) is 0 Å². The maximum absolute atomic E-state index is 3.51. The molecule has 98 valence electrons. The molecular weight excluding hydrogens is 196 g/mol. The van der Waals surface area contributed by atoms with Gasteiger partial charge in [-0.3, -0.25) is 0 Å². The van der Waals surface area contributed by atoms with E-state index in [1.54, 1.807) is 0 Å². The average molecular weight is 228 g/mol. The summed E-state index contributed by atoms with van der Waals surface area (Å²) in [7, 11) is 0. The van der Waals surface area contributed by atoms with Crippen LogP contribution in [0.25, 0.3) is 0 Å². The van der Waals surface area contributed by atoms with Crippen LogP contribution in [0, 0.1) is 0 Å². The van der Waals surface area contributed by atoms with Gasteiger partial charge in [0.15, 0.2) is 0 Å². The Morgan fingerprint density at radius 3 is 1.81 bits per heavy atom. The SMILES string of the molecule is CCCCCCCCCNCCCNCC. The highest BCUT2D eigenvalue weighted by Gasteiger charge is 1.91. The van der Waals surface area contributed by atoms with E-state index in [4.69, 9.17) is 0 Å². The summed E-state index contributed by atoms with van der Waals surface area (Å²) >= 11 is 0. The second-order valence-electron chi connectivity index (χ2n) is 4.58. The Morgan fingerprint density at radius 1 is 0.562 bits per heavy atom. The van der Waals surface area contributed by atoms with Crippen LogP contribution in [0.1, 0.15) is 65.2 Å². The van der Waals surface area contributed by atoms with Gasteiger partial charge in [-0.05, 0) is 39.0 Å². The molecule has 0 aliphatic rings. The van der Waals surface area contributed by atoms with Gasteiger partial charge in [0.1, 0.15) is 0 Å². The fourth-order valence-electron chi connectivity index (χ4n) is 1.85. The highest BCUT2D eigenvalue weighted by Crippen LogP contribution is 2.06. The highest BCUT2D eigenvalue weighted by molar-refractivity contribution is 4.52. The number of hydrogen-bond donors (Lipinski definition) is 2. The number of nitrogens with one attached hydrogen (secondary N) is 2. The molecule has 0 fully saturated rings. The fraction of sp³-hybridized carbons (Fsp3) is 1.00. The molecule has 0 aromatic heterocycles. The van der Waals surface area contributed by atoms with Crippen LogP contribution in [-0.4, -0.2) is 26.2 Å². The van der Waals surface area contributed by atoms with Crippen molar-refractivity contribution in [3.63, 3.8) is 0 Å². The Labute approximate surface area is 103 Å². The normalized spacial score (nSPS) is 10.9. The predicted octanol–water partition coefficient (Wildman–Crippen LogP) is 3.33. The van der Waals surface area contributed by atoms with Gasteiger partial charge in [0.2, 0.25) is 0 Å². The Kier molecular flexibility index (Phi) is 14.8. The molecular formula is C14H32N2. The van der Waals surface area contributed by atoms with Crippen LogP contribution in [0.15, 0.2) is 0 Å². The standard InChI is InChI=1S/C14H32N2/c1-3-5-6-7-8-9-10-12-16-14-11-13-15-4-2/h15-16H,3-14H2,1-2H3. The Bertz CT molecular complexity index is 101. The molecule has 0 saturated heterocycles. The maximum atomic E-state index is 3.51. The van der Waals surface area contributed by atoms with Crippen molar-refractivity contribution < 1.29 is 0 Å². The van der Waals surface area contributed by atoms with E-state index in [2.05, 4.69) is 24.5 Å². The summed E-state index contributed by atoms with van der Waals surface area (Å²) in [6, 6.07) is 0. The first-order valence-electron chi connectivity index (χ1n) is 7.33. The molecule has 0 amide bonds. The third kappa shape index (κ3) is 13.9. The topological polar surface area (TPSA) is 24.1 Å². The quantitative estimate of drug-likeness (QED) is 0.473. The monoisotopic (exact) mass is 228 g/mol. The molecule has 0 atom stereocenters. The zero-order chi connectivity index (χ0) is 11.9. The van der Waals surface area contributed by atoms with E-state index in [1.165, 1.54) is 64.5 Å².